The van der Waals surface area contributed by atoms with E-state index >= 15 is 0 Å². The van der Waals surface area contributed by atoms with Crippen LogP contribution in [0.1, 0.15) is 0 Å². The lowest BCUT2D eigenvalue weighted by Gasteiger charge is -2.13. The zero-order chi connectivity index (χ0) is 29.0. The number of rotatable bonds is 4. The molecule has 4 heteroatoms. The smallest absolute Gasteiger partial charge is 0.160 e. The first kappa shape index (κ1) is 24.6. The van der Waals surface area contributed by atoms with Crippen LogP contribution in [0.4, 0.5) is 0 Å². The van der Waals surface area contributed by atoms with E-state index in [9.17, 15) is 0 Å². The zero-order valence-electron chi connectivity index (χ0n) is 23.8. The minimum atomic E-state index is 0.718. The molecular weight excluding hydrogens is 536 g/mol. The fourth-order valence-corrected chi connectivity index (χ4v) is 6.58. The van der Waals surface area contributed by atoms with Crippen molar-refractivity contribution in [3.8, 4) is 34.0 Å². The molecule has 0 radical (unpaired) electrons. The molecule has 9 rings (SSSR count). The van der Waals surface area contributed by atoms with Gasteiger partial charge >= 0.3 is 0 Å². The van der Waals surface area contributed by atoms with Gasteiger partial charge in [0.2, 0.25) is 0 Å². The van der Waals surface area contributed by atoms with Crippen LogP contribution in [0.15, 0.2) is 158 Å². The van der Waals surface area contributed by atoms with Crippen molar-refractivity contribution < 1.29 is 0 Å². The van der Waals surface area contributed by atoms with Crippen molar-refractivity contribution in [2.24, 2.45) is 0 Å². The minimum absolute atomic E-state index is 0.718. The maximum absolute atomic E-state index is 5.34. The molecule has 0 N–H and O–H groups in total. The van der Waals surface area contributed by atoms with E-state index in [2.05, 4.69) is 149 Å². The SMILES string of the molecule is c1ccc(-c2nc(-c3ccc4c(c3)c3ccccc3n4-c3ccccc3)c3c(n2)c2ccccc2n3-c2ccccc2)cc1. The average molecular weight is 563 g/mol. The molecule has 0 aliphatic heterocycles. The summed E-state index contributed by atoms with van der Waals surface area (Å²) >= 11 is 0. The lowest BCUT2D eigenvalue weighted by Crippen LogP contribution is -2.00. The van der Waals surface area contributed by atoms with Crippen LogP contribution in [-0.2, 0) is 0 Å². The molecule has 9 aromatic rings. The molecule has 0 bridgehead atoms. The zero-order valence-corrected chi connectivity index (χ0v) is 23.8. The topological polar surface area (TPSA) is 35.6 Å². The Bertz CT molecular complexity index is 2470. The lowest BCUT2D eigenvalue weighted by molar-refractivity contribution is 1.15. The molecule has 0 saturated carbocycles. The van der Waals surface area contributed by atoms with Crippen molar-refractivity contribution in [2.45, 2.75) is 0 Å². The number of benzene rings is 6. The number of para-hydroxylation sites is 4. The van der Waals surface area contributed by atoms with Gasteiger partial charge in [-0.05, 0) is 48.5 Å². The van der Waals surface area contributed by atoms with Gasteiger partial charge in [0, 0.05) is 38.7 Å². The van der Waals surface area contributed by atoms with Crippen molar-refractivity contribution in [1.82, 2.24) is 19.1 Å². The Morgan fingerprint density at radius 1 is 0.386 bits per heavy atom. The average Bonchev–Trinajstić information content (AvgIpc) is 3.62. The van der Waals surface area contributed by atoms with Gasteiger partial charge in [0.15, 0.2) is 5.82 Å². The maximum Gasteiger partial charge on any atom is 0.160 e. The Balaban J connectivity index is 1.41. The summed E-state index contributed by atoms with van der Waals surface area (Å²) in [6.07, 6.45) is 0. The lowest BCUT2D eigenvalue weighted by atomic mass is 10.0. The summed E-state index contributed by atoms with van der Waals surface area (Å²) in [6.45, 7) is 0. The van der Waals surface area contributed by atoms with E-state index in [0.29, 0.717) is 0 Å². The number of hydrogen-bond acceptors (Lipinski definition) is 2. The Labute approximate surface area is 254 Å². The van der Waals surface area contributed by atoms with E-state index < -0.39 is 0 Å². The molecule has 44 heavy (non-hydrogen) atoms. The second kappa shape index (κ2) is 9.79. The van der Waals surface area contributed by atoms with E-state index in [1.54, 1.807) is 0 Å². The molecule has 3 heterocycles. The van der Waals surface area contributed by atoms with Crippen LogP contribution in [0.5, 0.6) is 0 Å². The number of nitrogens with zero attached hydrogens (tertiary/aromatic N) is 4. The first-order valence-electron chi connectivity index (χ1n) is 14.9. The van der Waals surface area contributed by atoms with Crippen LogP contribution in [0, 0.1) is 0 Å². The summed E-state index contributed by atoms with van der Waals surface area (Å²) in [6, 6.07) is 55.3. The van der Waals surface area contributed by atoms with E-state index in [4.69, 9.17) is 9.97 Å². The summed E-state index contributed by atoms with van der Waals surface area (Å²) in [4.78, 5) is 10.6. The van der Waals surface area contributed by atoms with Crippen molar-refractivity contribution in [1.29, 1.82) is 0 Å². The van der Waals surface area contributed by atoms with Crippen molar-refractivity contribution in [3.05, 3.63) is 158 Å². The van der Waals surface area contributed by atoms with Gasteiger partial charge in [-0.3, -0.25) is 0 Å². The summed E-state index contributed by atoms with van der Waals surface area (Å²) in [5.41, 5.74) is 10.6. The van der Waals surface area contributed by atoms with Crippen LogP contribution in [-0.4, -0.2) is 19.1 Å². The molecule has 0 unspecified atom stereocenters. The normalized spacial score (nSPS) is 11.6. The highest BCUT2D eigenvalue weighted by atomic mass is 15.0. The third-order valence-electron chi connectivity index (χ3n) is 8.51. The van der Waals surface area contributed by atoms with Crippen LogP contribution < -0.4 is 0 Å². The van der Waals surface area contributed by atoms with Gasteiger partial charge in [-0.15, -0.1) is 0 Å². The Morgan fingerprint density at radius 2 is 0.932 bits per heavy atom. The van der Waals surface area contributed by atoms with Gasteiger partial charge in [-0.2, -0.15) is 0 Å². The molecule has 0 aliphatic rings. The fourth-order valence-electron chi connectivity index (χ4n) is 6.58. The first-order valence-corrected chi connectivity index (χ1v) is 14.9. The highest BCUT2D eigenvalue weighted by Crippen LogP contribution is 2.40. The number of fused-ring (bicyclic) bond motifs is 6. The number of aromatic nitrogens is 4. The Kier molecular flexibility index (Phi) is 5.47. The van der Waals surface area contributed by atoms with Crippen LogP contribution in [0.2, 0.25) is 0 Å². The van der Waals surface area contributed by atoms with Gasteiger partial charge in [-0.1, -0.05) is 109 Å². The van der Waals surface area contributed by atoms with E-state index in [0.717, 1.165) is 56.0 Å². The largest absolute Gasteiger partial charge is 0.309 e. The van der Waals surface area contributed by atoms with E-state index in [-0.39, 0.29) is 0 Å². The van der Waals surface area contributed by atoms with E-state index in [1.165, 1.54) is 21.8 Å². The van der Waals surface area contributed by atoms with Crippen LogP contribution in [0.3, 0.4) is 0 Å². The van der Waals surface area contributed by atoms with Crippen molar-refractivity contribution in [3.63, 3.8) is 0 Å². The van der Waals surface area contributed by atoms with Crippen molar-refractivity contribution >= 4 is 43.7 Å². The van der Waals surface area contributed by atoms with E-state index in [1.807, 2.05) is 18.2 Å². The second-order valence-corrected chi connectivity index (χ2v) is 11.1. The van der Waals surface area contributed by atoms with Crippen molar-refractivity contribution in [2.75, 3.05) is 0 Å². The molecule has 0 spiro atoms. The first-order chi connectivity index (χ1) is 21.8. The summed E-state index contributed by atoms with van der Waals surface area (Å²) in [7, 11) is 0. The summed E-state index contributed by atoms with van der Waals surface area (Å²) in [5, 5.41) is 3.51. The molecule has 0 atom stereocenters. The molecule has 3 aromatic heterocycles. The van der Waals surface area contributed by atoms with Gasteiger partial charge in [0.1, 0.15) is 5.52 Å². The molecule has 0 amide bonds. The van der Waals surface area contributed by atoms with Crippen LogP contribution in [0.25, 0.3) is 77.8 Å². The third kappa shape index (κ3) is 3.71. The van der Waals surface area contributed by atoms with Gasteiger partial charge in [0.05, 0.1) is 27.8 Å². The maximum atomic E-state index is 5.34. The summed E-state index contributed by atoms with van der Waals surface area (Å²) in [5.74, 6) is 0.718. The minimum Gasteiger partial charge on any atom is -0.309 e. The molecule has 4 nitrogen and oxygen atoms in total. The quantitative estimate of drug-likeness (QED) is 0.214. The summed E-state index contributed by atoms with van der Waals surface area (Å²) < 4.78 is 4.66. The highest BCUT2D eigenvalue weighted by molar-refractivity contribution is 6.14. The molecule has 0 saturated heterocycles. The molecule has 206 valence electrons. The Hall–Kier alpha value is -6.00. The monoisotopic (exact) mass is 562 g/mol. The molecule has 6 aromatic carbocycles. The Morgan fingerprint density at radius 3 is 1.64 bits per heavy atom. The third-order valence-corrected chi connectivity index (χ3v) is 8.51. The molecular formula is C40H26N4. The fraction of sp³-hybridized carbons (Fsp3) is 0. The molecule has 0 fully saturated rings. The molecule has 0 aliphatic carbocycles. The number of hydrogen-bond donors (Lipinski definition) is 0. The predicted octanol–water partition coefficient (Wildman–Crippen LogP) is 10.0. The van der Waals surface area contributed by atoms with Gasteiger partial charge < -0.3 is 9.13 Å². The van der Waals surface area contributed by atoms with Gasteiger partial charge in [-0.25, -0.2) is 9.97 Å². The second-order valence-electron chi connectivity index (χ2n) is 11.1. The standard InChI is InChI=1S/C40H26N4/c1-4-14-27(15-5-1)40-41-37(39-38(42-40)32-21-11-13-23-35(32)44(39)30-18-8-3-9-19-30)28-24-25-36-33(26-28)31-20-10-12-22-34(31)43(36)29-16-6-2-7-17-29/h1-26H. The highest BCUT2D eigenvalue weighted by Gasteiger charge is 2.22. The van der Waals surface area contributed by atoms with Gasteiger partial charge in [0.25, 0.3) is 0 Å². The van der Waals surface area contributed by atoms with Crippen LogP contribution >= 0.6 is 0 Å². The predicted molar refractivity (Wildman–Crippen MR) is 182 cm³/mol.